The van der Waals surface area contributed by atoms with Crippen LogP contribution in [0, 0.1) is 11.3 Å². The molecule has 2 rings (SSSR count). The molecule has 2 N–H and O–H groups in total. The van der Waals surface area contributed by atoms with Crippen LogP contribution in [0.2, 0.25) is 0 Å². The minimum Gasteiger partial charge on any atom is -0.481 e. The second-order valence-corrected chi connectivity index (χ2v) is 6.72. The van der Waals surface area contributed by atoms with Crippen molar-refractivity contribution in [3.05, 3.63) is 0 Å². The van der Waals surface area contributed by atoms with E-state index in [0.29, 0.717) is 13.1 Å². The van der Waals surface area contributed by atoms with Crippen molar-refractivity contribution in [3.63, 3.8) is 0 Å². The highest BCUT2D eigenvalue weighted by Crippen LogP contribution is 2.41. The van der Waals surface area contributed by atoms with E-state index < -0.39 is 12.0 Å². The van der Waals surface area contributed by atoms with Crippen LogP contribution in [-0.2, 0) is 14.4 Å². The van der Waals surface area contributed by atoms with Crippen LogP contribution in [0.15, 0.2) is 0 Å². The third-order valence-electron chi connectivity index (χ3n) is 4.79. The molecule has 2 fully saturated rings. The summed E-state index contributed by atoms with van der Waals surface area (Å²) >= 11 is 0. The van der Waals surface area contributed by atoms with E-state index >= 15 is 0 Å². The van der Waals surface area contributed by atoms with Crippen molar-refractivity contribution in [1.29, 1.82) is 0 Å². The number of carbonyl (C=O) groups is 3. The smallest absolute Gasteiger partial charge is 0.305 e. The molecule has 0 bridgehead atoms. The first-order chi connectivity index (χ1) is 9.83. The topological polar surface area (TPSA) is 86.7 Å². The number of aliphatic carboxylic acids is 1. The minimum absolute atomic E-state index is 0.0548. The fourth-order valence-electron chi connectivity index (χ4n) is 3.50. The monoisotopic (exact) mass is 296 g/mol. The Kier molecular flexibility index (Phi) is 4.54. The van der Waals surface area contributed by atoms with Gasteiger partial charge in [-0.05, 0) is 18.3 Å². The van der Waals surface area contributed by atoms with Crippen LogP contribution in [-0.4, -0.2) is 46.9 Å². The molecule has 2 atom stereocenters. The van der Waals surface area contributed by atoms with Crippen LogP contribution in [0.4, 0.5) is 0 Å². The molecular formula is C15H24N2O4. The van der Waals surface area contributed by atoms with Crippen molar-refractivity contribution in [2.24, 2.45) is 11.3 Å². The number of piperazine rings is 1. The first-order valence-corrected chi connectivity index (χ1v) is 7.63. The van der Waals surface area contributed by atoms with Gasteiger partial charge in [-0.3, -0.25) is 14.4 Å². The molecular weight excluding hydrogens is 272 g/mol. The molecule has 1 saturated carbocycles. The van der Waals surface area contributed by atoms with E-state index in [-0.39, 0.29) is 29.6 Å². The predicted molar refractivity (Wildman–Crippen MR) is 76.5 cm³/mol. The number of carbonyl (C=O) groups excluding carboxylic acids is 2. The summed E-state index contributed by atoms with van der Waals surface area (Å²) in [4.78, 5) is 37.2. The summed E-state index contributed by atoms with van der Waals surface area (Å²) in [6.45, 7) is 4.97. The van der Waals surface area contributed by atoms with Gasteiger partial charge in [-0.2, -0.15) is 0 Å². The summed E-state index contributed by atoms with van der Waals surface area (Å²) in [5, 5.41) is 11.6. The lowest BCUT2D eigenvalue weighted by Crippen LogP contribution is -2.60. The van der Waals surface area contributed by atoms with Gasteiger partial charge in [0.25, 0.3) is 0 Å². The summed E-state index contributed by atoms with van der Waals surface area (Å²) in [6.07, 6.45) is 3.63. The molecule has 1 heterocycles. The molecule has 1 saturated heterocycles. The fourth-order valence-corrected chi connectivity index (χ4v) is 3.50. The molecule has 1 aliphatic carbocycles. The summed E-state index contributed by atoms with van der Waals surface area (Å²) in [5.74, 6) is -1.59. The van der Waals surface area contributed by atoms with Gasteiger partial charge in [0.2, 0.25) is 11.8 Å². The molecule has 1 aliphatic heterocycles. The van der Waals surface area contributed by atoms with Gasteiger partial charge in [-0.15, -0.1) is 0 Å². The Hall–Kier alpha value is -1.59. The van der Waals surface area contributed by atoms with E-state index in [1.807, 2.05) is 0 Å². The molecule has 21 heavy (non-hydrogen) atoms. The highest BCUT2D eigenvalue weighted by molar-refractivity contribution is 5.92. The van der Waals surface area contributed by atoms with Gasteiger partial charge in [-0.1, -0.05) is 26.7 Å². The van der Waals surface area contributed by atoms with Crippen molar-refractivity contribution in [1.82, 2.24) is 10.2 Å². The van der Waals surface area contributed by atoms with Crippen LogP contribution in [0.3, 0.4) is 0 Å². The van der Waals surface area contributed by atoms with E-state index in [2.05, 4.69) is 19.2 Å². The number of hydrogen-bond acceptors (Lipinski definition) is 3. The average Bonchev–Trinajstić information content (AvgIpc) is 2.39. The highest BCUT2D eigenvalue weighted by atomic mass is 16.4. The zero-order chi connectivity index (χ0) is 15.6. The maximum Gasteiger partial charge on any atom is 0.305 e. The normalized spacial score (nSPS) is 28.9. The lowest BCUT2D eigenvalue weighted by Gasteiger charge is -2.43. The molecule has 0 spiro atoms. The van der Waals surface area contributed by atoms with Gasteiger partial charge in [0.05, 0.1) is 6.42 Å². The molecule has 0 aromatic carbocycles. The zero-order valence-electron chi connectivity index (χ0n) is 12.7. The minimum atomic E-state index is -1.06. The van der Waals surface area contributed by atoms with Gasteiger partial charge in [0, 0.05) is 19.0 Å². The van der Waals surface area contributed by atoms with Crippen molar-refractivity contribution in [3.8, 4) is 0 Å². The zero-order valence-corrected chi connectivity index (χ0v) is 12.7. The third-order valence-corrected chi connectivity index (χ3v) is 4.79. The maximum atomic E-state index is 12.9. The van der Waals surface area contributed by atoms with Crippen molar-refractivity contribution in [2.45, 2.75) is 52.0 Å². The van der Waals surface area contributed by atoms with Crippen molar-refractivity contribution in [2.75, 3.05) is 13.1 Å². The number of amides is 2. The highest BCUT2D eigenvalue weighted by Gasteiger charge is 2.43. The molecule has 0 aromatic rings. The number of carboxylic acid groups (broad SMARTS) is 1. The Balaban J connectivity index is 2.18. The van der Waals surface area contributed by atoms with Gasteiger partial charge in [0.15, 0.2) is 0 Å². The van der Waals surface area contributed by atoms with Crippen LogP contribution < -0.4 is 5.32 Å². The van der Waals surface area contributed by atoms with E-state index in [9.17, 15) is 14.4 Å². The molecule has 2 unspecified atom stereocenters. The molecule has 2 aliphatic rings. The largest absolute Gasteiger partial charge is 0.481 e. The molecule has 118 valence electrons. The first-order valence-electron chi connectivity index (χ1n) is 7.63. The SMILES string of the molecule is CC1(C)CCCCC1C(=O)N1CCNC(=O)C1CC(=O)O. The van der Waals surface area contributed by atoms with Gasteiger partial charge < -0.3 is 15.3 Å². The number of hydrogen-bond donors (Lipinski definition) is 2. The standard InChI is InChI=1S/C15H24N2O4/c1-15(2)6-4-3-5-10(15)14(21)17-8-7-16-13(20)11(17)9-12(18)19/h10-11H,3-9H2,1-2H3,(H,16,20)(H,18,19). The van der Waals surface area contributed by atoms with Crippen LogP contribution in [0.1, 0.15) is 46.0 Å². The Labute approximate surface area is 124 Å². The van der Waals surface area contributed by atoms with Crippen molar-refractivity contribution >= 4 is 17.8 Å². The number of nitrogens with one attached hydrogen (secondary N) is 1. The molecule has 6 heteroatoms. The van der Waals surface area contributed by atoms with Gasteiger partial charge in [0.1, 0.15) is 6.04 Å². The number of carboxylic acids is 1. The van der Waals surface area contributed by atoms with Crippen LogP contribution in [0.5, 0.6) is 0 Å². The summed E-state index contributed by atoms with van der Waals surface area (Å²) in [7, 11) is 0. The summed E-state index contributed by atoms with van der Waals surface area (Å²) < 4.78 is 0. The lowest BCUT2D eigenvalue weighted by atomic mass is 9.68. The first kappa shape index (κ1) is 15.8. The van der Waals surface area contributed by atoms with E-state index in [0.717, 1.165) is 25.7 Å². The van der Waals surface area contributed by atoms with Crippen molar-refractivity contribution < 1.29 is 19.5 Å². The number of rotatable bonds is 3. The number of nitrogens with zero attached hydrogens (tertiary/aromatic N) is 1. The Morgan fingerprint density at radius 1 is 1.38 bits per heavy atom. The van der Waals surface area contributed by atoms with E-state index in [1.54, 1.807) is 0 Å². The quantitative estimate of drug-likeness (QED) is 0.813. The maximum absolute atomic E-state index is 12.9. The summed E-state index contributed by atoms with van der Waals surface area (Å²) in [6, 6.07) is -0.874. The predicted octanol–water partition coefficient (Wildman–Crippen LogP) is 1.00. The second-order valence-electron chi connectivity index (χ2n) is 6.72. The van der Waals surface area contributed by atoms with Gasteiger partial charge >= 0.3 is 5.97 Å². The lowest BCUT2D eigenvalue weighted by molar-refractivity contribution is -0.153. The molecule has 6 nitrogen and oxygen atoms in total. The van der Waals surface area contributed by atoms with E-state index in [4.69, 9.17) is 5.11 Å². The summed E-state index contributed by atoms with van der Waals surface area (Å²) in [5.41, 5.74) is -0.0863. The average molecular weight is 296 g/mol. The Bertz CT molecular complexity index is 447. The molecule has 0 aromatic heterocycles. The van der Waals surface area contributed by atoms with E-state index in [1.165, 1.54) is 4.90 Å². The van der Waals surface area contributed by atoms with Gasteiger partial charge in [-0.25, -0.2) is 0 Å². The van der Waals surface area contributed by atoms with Crippen LogP contribution >= 0.6 is 0 Å². The second kappa shape index (κ2) is 6.03. The Morgan fingerprint density at radius 3 is 2.71 bits per heavy atom. The fraction of sp³-hybridized carbons (Fsp3) is 0.800. The molecule has 0 radical (unpaired) electrons. The Morgan fingerprint density at radius 2 is 2.10 bits per heavy atom. The van der Waals surface area contributed by atoms with Crippen LogP contribution in [0.25, 0.3) is 0 Å². The third kappa shape index (κ3) is 3.36. The molecule has 2 amide bonds.